The van der Waals surface area contributed by atoms with Crippen molar-refractivity contribution in [3.05, 3.63) is 82.0 Å². The third-order valence-electron chi connectivity index (χ3n) is 4.01. The summed E-state index contributed by atoms with van der Waals surface area (Å²) >= 11 is 12.4. The molecule has 0 aliphatic heterocycles. The van der Waals surface area contributed by atoms with Crippen LogP contribution in [0, 0.1) is 0 Å². The summed E-state index contributed by atoms with van der Waals surface area (Å²) in [4.78, 5) is 17.0. The average molecular weight is 420 g/mol. The Labute approximate surface area is 167 Å². The minimum absolute atomic E-state index is 0.0768. The van der Waals surface area contributed by atoms with E-state index in [9.17, 15) is 13.2 Å². The summed E-state index contributed by atoms with van der Waals surface area (Å²) in [5, 5.41) is 0.655. The lowest BCUT2D eigenvalue weighted by Crippen LogP contribution is -2.06. The molecule has 1 heterocycles. The van der Waals surface area contributed by atoms with E-state index in [0.717, 1.165) is 17.4 Å². The molecule has 0 fully saturated rings. The second-order valence-corrected chi connectivity index (χ2v) is 8.87. The van der Waals surface area contributed by atoms with Crippen molar-refractivity contribution in [1.29, 1.82) is 0 Å². The van der Waals surface area contributed by atoms with Crippen molar-refractivity contribution in [3.8, 4) is 11.3 Å². The Bertz CT molecular complexity index is 1110. The van der Waals surface area contributed by atoms with Gasteiger partial charge in [-0.25, -0.2) is 8.42 Å². The molecule has 3 aromatic rings. The van der Waals surface area contributed by atoms with Gasteiger partial charge in [-0.3, -0.25) is 9.78 Å². The summed E-state index contributed by atoms with van der Waals surface area (Å²) in [7, 11) is -3.39. The van der Waals surface area contributed by atoms with Crippen molar-refractivity contribution in [2.24, 2.45) is 0 Å². The number of ketones is 1. The van der Waals surface area contributed by atoms with E-state index >= 15 is 0 Å². The van der Waals surface area contributed by atoms with E-state index in [2.05, 4.69) is 4.98 Å². The number of halogens is 2. The molecule has 0 bridgehead atoms. The van der Waals surface area contributed by atoms with Crippen LogP contribution in [0.5, 0.6) is 0 Å². The fraction of sp³-hybridized carbons (Fsp3) is 0.100. The number of carbonyl (C=O) groups is 1. The van der Waals surface area contributed by atoms with Crippen LogP contribution < -0.4 is 0 Å². The SMILES string of the molecule is CS(=O)(=O)c1ccc(C(=O)Cc2ccc(Cl)c(-c3ccccn3)c2)c(Cl)c1. The number of sulfone groups is 1. The van der Waals surface area contributed by atoms with Gasteiger partial charge in [0.25, 0.3) is 0 Å². The van der Waals surface area contributed by atoms with Gasteiger partial charge in [0.15, 0.2) is 15.6 Å². The molecule has 7 heteroatoms. The number of carbonyl (C=O) groups excluding carboxylic acids is 1. The van der Waals surface area contributed by atoms with Crippen LogP contribution >= 0.6 is 23.2 Å². The molecule has 0 aliphatic carbocycles. The van der Waals surface area contributed by atoms with Gasteiger partial charge in [-0.1, -0.05) is 35.3 Å². The molecule has 0 radical (unpaired) electrons. The van der Waals surface area contributed by atoms with E-state index in [1.54, 1.807) is 18.3 Å². The number of nitrogens with zero attached hydrogens (tertiary/aromatic N) is 1. The Morgan fingerprint density at radius 2 is 1.78 bits per heavy atom. The van der Waals surface area contributed by atoms with Gasteiger partial charge in [0.1, 0.15) is 0 Å². The van der Waals surface area contributed by atoms with Crippen molar-refractivity contribution < 1.29 is 13.2 Å². The lowest BCUT2D eigenvalue weighted by atomic mass is 10.00. The molecule has 0 saturated heterocycles. The summed E-state index contributed by atoms with van der Waals surface area (Å²) in [5.41, 5.74) is 2.49. The van der Waals surface area contributed by atoms with Crippen LogP contribution in [-0.4, -0.2) is 25.4 Å². The quantitative estimate of drug-likeness (QED) is 0.552. The van der Waals surface area contributed by atoms with Gasteiger partial charge in [-0.15, -0.1) is 0 Å². The molecule has 0 unspecified atom stereocenters. The maximum atomic E-state index is 12.6. The van der Waals surface area contributed by atoms with Gasteiger partial charge in [0.05, 0.1) is 15.6 Å². The topological polar surface area (TPSA) is 64.1 Å². The molecule has 0 N–H and O–H groups in total. The predicted molar refractivity (Wildman–Crippen MR) is 107 cm³/mol. The fourth-order valence-electron chi connectivity index (χ4n) is 2.63. The average Bonchev–Trinajstić information content (AvgIpc) is 2.63. The minimum Gasteiger partial charge on any atom is -0.294 e. The molecule has 27 heavy (non-hydrogen) atoms. The lowest BCUT2D eigenvalue weighted by molar-refractivity contribution is 0.0993. The number of hydrogen-bond acceptors (Lipinski definition) is 4. The van der Waals surface area contributed by atoms with Crippen molar-refractivity contribution in [3.63, 3.8) is 0 Å². The van der Waals surface area contributed by atoms with Gasteiger partial charge >= 0.3 is 0 Å². The zero-order valence-corrected chi connectivity index (χ0v) is 16.6. The Morgan fingerprint density at radius 1 is 1.00 bits per heavy atom. The Morgan fingerprint density at radius 3 is 2.41 bits per heavy atom. The molecule has 0 atom stereocenters. The molecule has 0 amide bonds. The number of rotatable bonds is 5. The van der Waals surface area contributed by atoms with Gasteiger partial charge in [-0.05, 0) is 48.0 Å². The minimum atomic E-state index is -3.39. The molecule has 138 valence electrons. The van der Waals surface area contributed by atoms with Gasteiger partial charge in [0.2, 0.25) is 0 Å². The monoisotopic (exact) mass is 419 g/mol. The molecule has 1 aromatic heterocycles. The van der Waals surface area contributed by atoms with E-state index in [1.807, 2.05) is 24.3 Å². The zero-order valence-electron chi connectivity index (χ0n) is 14.3. The van der Waals surface area contributed by atoms with Crippen LogP contribution in [-0.2, 0) is 16.3 Å². The second kappa shape index (κ2) is 7.80. The molecule has 0 aliphatic rings. The third kappa shape index (κ3) is 4.56. The highest BCUT2D eigenvalue weighted by atomic mass is 35.5. The van der Waals surface area contributed by atoms with E-state index < -0.39 is 9.84 Å². The van der Waals surface area contributed by atoms with E-state index in [4.69, 9.17) is 23.2 Å². The Hall–Kier alpha value is -2.21. The van der Waals surface area contributed by atoms with Crippen LogP contribution in [0.4, 0.5) is 0 Å². The normalized spacial score (nSPS) is 11.4. The molecular weight excluding hydrogens is 405 g/mol. The third-order valence-corrected chi connectivity index (χ3v) is 5.76. The lowest BCUT2D eigenvalue weighted by Gasteiger charge is -2.09. The van der Waals surface area contributed by atoms with Crippen LogP contribution in [0.15, 0.2) is 65.7 Å². The first kappa shape index (κ1) is 19.5. The molecule has 0 spiro atoms. The summed E-state index contributed by atoms with van der Waals surface area (Å²) in [5.74, 6) is -0.214. The first-order valence-corrected chi connectivity index (χ1v) is 10.6. The molecule has 3 rings (SSSR count). The smallest absolute Gasteiger partial charge is 0.175 e. The van der Waals surface area contributed by atoms with Crippen molar-refractivity contribution >= 4 is 38.8 Å². The fourth-order valence-corrected chi connectivity index (χ4v) is 3.85. The molecule has 4 nitrogen and oxygen atoms in total. The largest absolute Gasteiger partial charge is 0.294 e. The standard InChI is InChI=1S/C20H15Cl2NO3S/c1-27(25,26)14-6-7-15(18(22)12-14)20(24)11-13-5-8-17(21)16(10-13)19-4-2-3-9-23-19/h2-10,12H,11H2,1H3. The Kier molecular flexibility index (Phi) is 5.65. The highest BCUT2D eigenvalue weighted by molar-refractivity contribution is 7.90. The highest BCUT2D eigenvalue weighted by Gasteiger charge is 2.16. The van der Waals surface area contributed by atoms with Crippen LogP contribution in [0.2, 0.25) is 10.0 Å². The van der Waals surface area contributed by atoms with Gasteiger partial charge in [0, 0.05) is 35.0 Å². The molecule has 2 aromatic carbocycles. The number of Topliss-reactive ketones (excluding diaryl/α,β-unsaturated/α-hetero) is 1. The maximum Gasteiger partial charge on any atom is 0.175 e. The first-order chi connectivity index (χ1) is 12.8. The molecule has 0 saturated carbocycles. The van der Waals surface area contributed by atoms with Crippen LogP contribution in [0.3, 0.4) is 0 Å². The van der Waals surface area contributed by atoms with Crippen molar-refractivity contribution in [2.45, 2.75) is 11.3 Å². The number of pyridine rings is 1. The van der Waals surface area contributed by atoms with E-state index in [0.29, 0.717) is 10.7 Å². The summed E-state index contributed by atoms with van der Waals surface area (Å²) in [6, 6.07) is 15.0. The summed E-state index contributed by atoms with van der Waals surface area (Å²) < 4.78 is 23.2. The second-order valence-electron chi connectivity index (χ2n) is 6.04. The van der Waals surface area contributed by atoms with Gasteiger partial charge < -0.3 is 0 Å². The highest BCUT2D eigenvalue weighted by Crippen LogP contribution is 2.28. The first-order valence-electron chi connectivity index (χ1n) is 7.98. The number of benzene rings is 2. The van der Waals surface area contributed by atoms with Crippen molar-refractivity contribution in [1.82, 2.24) is 4.98 Å². The number of aromatic nitrogens is 1. The summed E-state index contributed by atoms with van der Waals surface area (Å²) in [6.45, 7) is 0. The van der Waals surface area contributed by atoms with Crippen LogP contribution in [0.25, 0.3) is 11.3 Å². The molecular formula is C20H15Cl2NO3S. The summed E-state index contributed by atoms with van der Waals surface area (Å²) in [6.07, 6.45) is 2.87. The van der Waals surface area contributed by atoms with E-state index in [1.165, 1.54) is 18.2 Å². The van der Waals surface area contributed by atoms with Gasteiger partial charge in [-0.2, -0.15) is 0 Å². The number of hydrogen-bond donors (Lipinski definition) is 0. The Balaban J connectivity index is 1.89. The predicted octanol–water partition coefficient (Wildman–Crippen LogP) is 4.88. The zero-order chi connectivity index (χ0) is 19.6. The van der Waals surface area contributed by atoms with Crippen LogP contribution in [0.1, 0.15) is 15.9 Å². The van der Waals surface area contributed by atoms with Crippen molar-refractivity contribution in [2.75, 3.05) is 6.26 Å². The van der Waals surface area contributed by atoms with E-state index in [-0.39, 0.29) is 27.7 Å². The maximum absolute atomic E-state index is 12.6.